The molecule has 0 saturated heterocycles. The van der Waals surface area contributed by atoms with E-state index in [4.69, 9.17) is 9.97 Å². The summed E-state index contributed by atoms with van der Waals surface area (Å²) in [4.78, 5) is 49.5. The smallest absolute Gasteiger partial charge is 0.657 e. The third kappa shape index (κ3) is 14.1. The van der Waals surface area contributed by atoms with Gasteiger partial charge in [0.25, 0.3) is 0 Å². The number of aromatic nitrogens is 8. The maximum atomic E-state index is 16.5. The van der Waals surface area contributed by atoms with E-state index < -0.39 is 154 Å². The van der Waals surface area contributed by atoms with Crippen LogP contribution in [0.15, 0.2) is 150 Å². The summed E-state index contributed by atoms with van der Waals surface area (Å²) >= 11 is 1.15. The van der Waals surface area contributed by atoms with Crippen molar-refractivity contribution in [3.63, 3.8) is 0 Å². The van der Waals surface area contributed by atoms with Crippen LogP contribution in [-0.2, 0) is 24.3 Å². The summed E-state index contributed by atoms with van der Waals surface area (Å²) in [5.74, 6) is -31.0. The van der Waals surface area contributed by atoms with Crippen LogP contribution in [0.5, 0.6) is 0 Å². The zero-order chi connectivity index (χ0) is 86.3. The predicted octanol–water partition coefficient (Wildman–Crippen LogP) is 26.2. The monoisotopic (exact) mass is 1740 g/mol. The molecule has 8 aromatic carbocycles. The number of fused-ring (bicyclic) bond motifs is 16. The van der Waals surface area contributed by atoms with E-state index in [-0.39, 0.29) is 46.9 Å². The molecule has 0 amide bonds. The molecule has 0 unspecified atom stereocenters. The van der Waals surface area contributed by atoms with Gasteiger partial charge in [0.15, 0.2) is 74.9 Å². The molecule has 0 fully saturated rings. The van der Waals surface area contributed by atoms with Crippen LogP contribution in [0.3, 0.4) is 0 Å². The van der Waals surface area contributed by atoms with Gasteiger partial charge in [-0.3, -0.25) is 4.79 Å². The second-order valence-electron chi connectivity index (χ2n) is 29.8. The number of thioether (sulfide) groups is 1. The van der Waals surface area contributed by atoms with Crippen molar-refractivity contribution in [2.75, 3.05) is 0 Å². The Morgan fingerprint density at radius 3 is 0.806 bits per heavy atom. The first kappa shape index (κ1) is 82.4. The van der Waals surface area contributed by atoms with Crippen LogP contribution in [0, 0.1) is 141 Å². The van der Waals surface area contributed by atoms with Gasteiger partial charge in [0.2, 0.25) is 17.5 Å². The minimum atomic E-state index is -2.65. The minimum absolute atomic E-state index is 0. The second-order valence-corrected chi connectivity index (χ2v) is 31.0. The Bertz CT molecular complexity index is 7380. The van der Waals surface area contributed by atoms with Crippen molar-refractivity contribution in [2.45, 2.75) is 53.4 Å². The maximum absolute atomic E-state index is 16.5. The summed E-state index contributed by atoms with van der Waals surface area (Å²) in [6, 6.07) is 42.1. The normalized spacial score (nSPS) is 12.1. The molecular formula is C98H55F15N8OSZn. The van der Waals surface area contributed by atoms with Crippen LogP contribution in [0.25, 0.3) is 182 Å². The molecule has 4 aliphatic heterocycles. The van der Waals surface area contributed by atoms with Gasteiger partial charge >= 0.3 is 19.5 Å². The fourth-order valence-corrected chi connectivity index (χ4v) is 17.2. The molecule has 0 aliphatic carbocycles. The molecule has 0 spiro atoms. The number of nitrogens with one attached hydrogen (secondary N) is 2. The summed E-state index contributed by atoms with van der Waals surface area (Å²) in [5.41, 5.74) is 6.59. The number of benzene rings is 8. The van der Waals surface area contributed by atoms with Crippen molar-refractivity contribution in [3.05, 3.63) is 323 Å². The van der Waals surface area contributed by atoms with Crippen molar-refractivity contribution in [2.24, 2.45) is 0 Å². The molecule has 26 heteroatoms. The van der Waals surface area contributed by atoms with Gasteiger partial charge in [-0.15, -0.1) is 22.1 Å². The Balaban J connectivity index is 0.0000109. The van der Waals surface area contributed by atoms with E-state index in [1.807, 2.05) is 85.0 Å². The second kappa shape index (κ2) is 31.8. The molecule has 124 heavy (non-hydrogen) atoms. The van der Waals surface area contributed by atoms with Crippen LogP contribution in [0.1, 0.15) is 97.0 Å². The Hall–Kier alpha value is -13.9. The van der Waals surface area contributed by atoms with Crippen LogP contribution in [-0.4, -0.2) is 35.0 Å². The van der Waals surface area contributed by atoms with Gasteiger partial charge in [0.1, 0.15) is 0 Å². The van der Waals surface area contributed by atoms with Gasteiger partial charge in [-0.25, -0.2) is 85.8 Å². The van der Waals surface area contributed by atoms with Crippen LogP contribution < -0.4 is 9.97 Å². The number of carbonyl (C=O) groups is 1. The topological polar surface area (TPSA) is 128 Å². The van der Waals surface area contributed by atoms with E-state index in [9.17, 15) is 18.0 Å². The number of hydrogen-bond acceptors (Lipinski definition) is 6. The van der Waals surface area contributed by atoms with E-state index in [0.29, 0.717) is 33.9 Å². The maximum Gasteiger partial charge on any atom is 2.00 e. The molecule has 9 nitrogen and oxygen atoms in total. The van der Waals surface area contributed by atoms with Crippen molar-refractivity contribution in [1.29, 1.82) is 0 Å². The van der Waals surface area contributed by atoms with Gasteiger partial charge in [-0.1, -0.05) is 120 Å². The van der Waals surface area contributed by atoms with Gasteiger partial charge in [-0.05, 0) is 223 Å². The number of hydrogen-bond donors (Lipinski definition) is 2. The van der Waals surface area contributed by atoms with Gasteiger partial charge in [-0.2, -0.15) is 0 Å². The largest absolute Gasteiger partial charge is 2.00 e. The number of H-pyrrole nitrogens is 2. The van der Waals surface area contributed by atoms with Crippen molar-refractivity contribution >= 4 is 110 Å². The first-order valence-electron chi connectivity index (χ1n) is 37.9. The zero-order valence-corrected chi connectivity index (χ0v) is 69.6. The molecule has 0 atom stereocenters. The Morgan fingerprint density at radius 1 is 0.282 bits per heavy atom. The number of halogens is 15. The van der Waals surface area contributed by atoms with Crippen molar-refractivity contribution in [3.8, 4) is 101 Å². The predicted molar refractivity (Wildman–Crippen MR) is 449 cm³/mol. The summed E-state index contributed by atoms with van der Waals surface area (Å²) in [6.07, 6.45) is 11.9. The molecule has 18 rings (SSSR count). The fraction of sp³-hybridized carbons (Fsp3) is 0.0714. The molecule has 606 valence electrons. The molecule has 14 aromatic rings. The first-order valence-corrected chi connectivity index (χ1v) is 38.8. The van der Waals surface area contributed by atoms with E-state index in [0.717, 1.165) is 153 Å². The van der Waals surface area contributed by atoms with E-state index >= 15 is 52.7 Å². The number of carbonyl (C=O) groups excluding carboxylic acids is 1. The molecule has 0 saturated carbocycles. The number of rotatable bonds is 9. The Labute approximate surface area is 712 Å². The average molecular weight is 1740 g/mol. The summed E-state index contributed by atoms with van der Waals surface area (Å²) in [7, 11) is 0. The van der Waals surface area contributed by atoms with Crippen molar-refractivity contribution < 1.29 is 90.1 Å². The van der Waals surface area contributed by atoms with Crippen LogP contribution in [0.4, 0.5) is 65.9 Å². The standard InChI is InChI=1S/C98H55F15N8OS.Zn/c1-42-38-44(3)71(45(4)39-42)76-61-28-22-55(114-61)73(56-23-29-62(115-56)77(72-46(5)40-43(2)41-47(72)6)64-31-25-60(117-64)75(59-24-30-63(76)116-59)53-18-20-54(21-19-53)123-48(7)122)51-14-10-49(11-15-51)8-9-50-12-16-52(17-13-50)74-57-26-32-65(118-57)78(81-84(99)90(105)96(111)91(106)85(81)100)67-34-36-69(120-67)80(83-88(103)94(109)98(113)95(110)89(83)104)70-37-35-68(121-70)79(66-33-27-58(74)119-66)82-86(101)92(107)97(112)93(108)87(82)102;/h10-41H,1-7H3,(H2-2,114,115,116,117,118,119,120,121);/q-2;+2. The molecule has 16 bridgehead atoms. The van der Waals surface area contributed by atoms with Crippen LogP contribution >= 0.6 is 11.8 Å². The van der Waals surface area contributed by atoms with Gasteiger partial charge in [0.05, 0.1) is 62.2 Å². The SMILES string of the molecule is CC(=O)Sc1ccc(-c2c3nc(c(-c4c(C)cc(C)cc4C)c4ccc([nH]4)c(-c4ccc(C#Cc5ccc(-c6c7nc(c(-c8c(F)c(F)c(F)c(F)c8F)c8ccc([n-]8)c(-c8c(F)c(F)c(F)c(F)c8F)c8nc(c(-c9c(F)c(F)c(F)c(F)c9F)c9ccc6[n-]9)C=C8)C=C7)cc5)cc4)c4nc(c(-c5c(C)cc(C)cc5C)c5ccc2[nH]5)C=C4)C=C3)cc1.[Zn+2]. The fourth-order valence-electron chi connectivity index (χ4n) is 16.6. The van der Waals surface area contributed by atoms with Gasteiger partial charge < -0.3 is 19.9 Å². The van der Waals surface area contributed by atoms with E-state index in [1.165, 1.54) is 31.2 Å². The molecule has 2 N–H and O–H groups in total. The summed E-state index contributed by atoms with van der Waals surface area (Å²) in [5, 5.41) is -0.0354. The Kier molecular flexibility index (Phi) is 21.2. The van der Waals surface area contributed by atoms with E-state index in [2.05, 4.69) is 120 Å². The van der Waals surface area contributed by atoms with Gasteiger partial charge in [0, 0.05) is 67.3 Å². The van der Waals surface area contributed by atoms with E-state index in [1.54, 1.807) is 12.1 Å². The quantitative estimate of drug-likeness (QED) is 0.0365. The summed E-state index contributed by atoms with van der Waals surface area (Å²) < 4.78 is 236. The molecular weight excluding hydrogens is 1690 g/mol. The molecule has 6 aromatic heterocycles. The minimum Gasteiger partial charge on any atom is -0.657 e. The number of aromatic amines is 2. The summed E-state index contributed by atoms with van der Waals surface area (Å²) in [6.45, 7) is 14.0. The third-order valence-corrected chi connectivity index (χ3v) is 22.5. The first-order chi connectivity index (χ1) is 59.0. The van der Waals surface area contributed by atoms with Crippen LogP contribution in [0.2, 0.25) is 0 Å². The molecule has 4 aliphatic rings. The molecule has 10 heterocycles. The average Bonchev–Trinajstić information content (AvgIpc) is 1.40. The third-order valence-electron chi connectivity index (χ3n) is 21.7. The number of nitrogens with zero attached hydrogens (tertiary/aromatic N) is 6. The Morgan fingerprint density at radius 2 is 0.516 bits per heavy atom. The number of aryl methyl sites for hydroxylation is 6. The van der Waals surface area contributed by atoms with Crippen molar-refractivity contribution in [1.82, 2.24) is 39.9 Å². The molecule has 0 radical (unpaired) electrons. The zero-order valence-electron chi connectivity index (χ0n) is 65.9.